The van der Waals surface area contributed by atoms with Gasteiger partial charge in [0.1, 0.15) is 18.4 Å². The Balaban J connectivity index is 1.38. The number of rotatable bonds is 8. The summed E-state index contributed by atoms with van der Waals surface area (Å²) < 4.78 is 7.45. The maximum Gasteiger partial charge on any atom is 0.220 e. The van der Waals surface area contributed by atoms with Gasteiger partial charge in [0.05, 0.1) is 6.61 Å². The Hall–Kier alpha value is -3.22. The molecule has 0 atom stereocenters. The summed E-state index contributed by atoms with van der Waals surface area (Å²) in [7, 11) is 0. The molecule has 0 aliphatic rings. The lowest BCUT2D eigenvalue weighted by Crippen LogP contribution is -2.23. The van der Waals surface area contributed by atoms with Crippen molar-refractivity contribution in [3.8, 4) is 11.6 Å². The van der Waals surface area contributed by atoms with Crippen LogP contribution >= 0.6 is 0 Å². The smallest absolute Gasteiger partial charge is 0.220 e. The zero-order valence-corrected chi connectivity index (χ0v) is 18.1. The molecule has 0 unspecified atom stereocenters. The van der Waals surface area contributed by atoms with Crippen LogP contribution in [0.4, 0.5) is 0 Å². The molecule has 7 heteroatoms. The first-order valence-corrected chi connectivity index (χ1v) is 10.1. The number of aromatic nitrogens is 4. The van der Waals surface area contributed by atoms with E-state index in [1.54, 1.807) is 17.2 Å². The van der Waals surface area contributed by atoms with Crippen LogP contribution in [0.25, 0.3) is 5.82 Å². The minimum absolute atomic E-state index is 0.00115. The molecule has 0 saturated heterocycles. The number of carbonyl (C=O) groups is 1. The molecule has 0 aliphatic heterocycles. The number of ether oxygens (including phenoxy) is 1. The molecule has 0 aliphatic carbocycles. The standard InChI is InChI=1S/C23H29N5O2/c1-17-12-19(23(2,3)4)8-9-20(17)30-11-5-6-22(29)26-14-18-7-10-21(25-13-18)28-16-24-15-27-28/h7-10,12-13,15-16H,5-6,11,14H2,1-4H3,(H,26,29). The highest BCUT2D eigenvalue weighted by Crippen LogP contribution is 2.27. The maximum atomic E-state index is 12.1. The highest BCUT2D eigenvalue weighted by Gasteiger charge is 2.14. The van der Waals surface area contributed by atoms with Crippen LogP contribution in [0.5, 0.6) is 5.75 Å². The van der Waals surface area contributed by atoms with Gasteiger partial charge >= 0.3 is 0 Å². The zero-order chi connectivity index (χ0) is 21.6. The Morgan fingerprint density at radius 2 is 2.03 bits per heavy atom. The van der Waals surface area contributed by atoms with E-state index in [0.29, 0.717) is 31.8 Å². The summed E-state index contributed by atoms with van der Waals surface area (Å²) in [5, 5.41) is 6.95. The monoisotopic (exact) mass is 407 g/mol. The lowest BCUT2D eigenvalue weighted by Gasteiger charge is -2.20. The predicted octanol–water partition coefficient (Wildman–Crippen LogP) is 3.74. The van der Waals surface area contributed by atoms with Crippen LogP contribution in [0.1, 0.15) is 50.3 Å². The van der Waals surface area contributed by atoms with Crippen LogP contribution in [-0.4, -0.2) is 32.3 Å². The third-order valence-electron chi connectivity index (χ3n) is 4.80. The highest BCUT2D eigenvalue weighted by molar-refractivity contribution is 5.75. The van der Waals surface area contributed by atoms with Gasteiger partial charge in [0.25, 0.3) is 0 Å². The molecule has 0 radical (unpaired) electrons. The maximum absolute atomic E-state index is 12.1. The molecular formula is C23H29N5O2. The van der Waals surface area contributed by atoms with E-state index < -0.39 is 0 Å². The molecule has 30 heavy (non-hydrogen) atoms. The van der Waals surface area contributed by atoms with Crippen molar-refractivity contribution in [1.29, 1.82) is 0 Å². The van der Waals surface area contributed by atoms with E-state index in [1.165, 1.54) is 11.9 Å². The number of carbonyl (C=O) groups excluding carboxylic acids is 1. The van der Waals surface area contributed by atoms with Crippen LogP contribution in [0.15, 0.2) is 49.2 Å². The van der Waals surface area contributed by atoms with Gasteiger partial charge in [-0.15, -0.1) is 0 Å². The van der Waals surface area contributed by atoms with Crippen molar-refractivity contribution >= 4 is 5.91 Å². The van der Waals surface area contributed by atoms with Gasteiger partial charge in [0, 0.05) is 19.2 Å². The van der Waals surface area contributed by atoms with Crippen molar-refractivity contribution in [2.45, 2.75) is 52.5 Å². The van der Waals surface area contributed by atoms with Gasteiger partial charge in [-0.2, -0.15) is 5.10 Å². The summed E-state index contributed by atoms with van der Waals surface area (Å²) in [4.78, 5) is 20.3. The fourth-order valence-electron chi connectivity index (χ4n) is 2.97. The second-order valence-electron chi connectivity index (χ2n) is 8.32. The number of hydrogen-bond donors (Lipinski definition) is 1. The molecule has 0 spiro atoms. The molecule has 1 amide bonds. The van der Waals surface area contributed by atoms with E-state index in [-0.39, 0.29) is 11.3 Å². The minimum atomic E-state index is -0.00115. The second kappa shape index (κ2) is 9.52. The third kappa shape index (κ3) is 5.89. The summed E-state index contributed by atoms with van der Waals surface area (Å²) in [5.41, 5.74) is 3.45. The molecule has 2 aromatic heterocycles. The average Bonchev–Trinajstić information content (AvgIpc) is 3.25. The lowest BCUT2D eigenvalue weighted by molar-refractivity contribution is -0.121. The summed E-state index contributed by atoms with van der Waals surface area (Å²) >= 11 is 0. The van der Waals surface area contributed by atoms with Crippen molar-refractivity contribution in [2.75, 3.05) is 6.61 Å². The van der Waals surface area contributed by atoms with Gasteiger partial charge in [-0.1, -0.05) is 39.0 Å². The SMILES string of the molecule is Cc1cc(C(C)(C)C)ccc1OCCCC(=O)NCc1ccc(-n2cncn2)nc1. The Morgan fingerprint density at radius 1 is 1.20 bits per heavy atom. The van der Waals surface area contributed by atoms with Crippen molar-refractivity contribution < 1.29 is 9.53 Å². The van der Waals surface area contributed by atoms with Crippen LogP contribution in [0.2, 0.25) is 0 Å². The van der Waals surface area contributed by atoms with Crippen LogP contribution < -0.4 is 10.1 Å². The molecule has 1 N–H and O–H groups in total. The first-order valence-electron chi connectivity index (χ1n) is 10.1. The summed E-state index contributed by atoms with van der Waals surface area (Å²) in [5.74, 6) is 1.56. The lowest BCUT2D eigenvalue weighted by atomic mass is 9.86. The number of pyridine rings is 1. The van der Waals surface area contributed by atoms with E-state index >= 15 is 0 Å². The van der Waals surface area contributed by atoms with E-state index in [4.69, 9.17) is 4.74 Å². The first-order chi connectivity index (χ1) is 14.3. The van der Waals surface area contributed by atoms with Gasteiger partial charge in [-0.25, -0.2) is 14.6 Å². The van der Waals surface area contributed by atoms with Gasteiger partial charge < -0.3 is 10.1 Å². The van der Waals surface area contributed by atoms with Crippen molar-refractivity contribution in [3.05, 3.63) is 65.9 Å². The van der Waals surface area contributed by atoms with Gasteiger partial charge in [-0.3, -0.25) is 4.79 Å². The Bertz CT molecular complexity index is 960. The van der Waals surface area contributed by atoms with Gasteiger partial charge in [0.15, 0.2) is 5.82 Å². The summed E-state index contributed by atoms with van der Waals surface area (Å²) in [6, 6.07) is 10.1. The van der Waals surface area contributed by atoms with Crippen LogP contribution in [0.3, 0.4) is 0 Å². The van der Waals surface area contributed by atoms with E-state index in [2.05, 4.69) is 60.2 Å². The van der Waals surface area contributed by atoms with Crippen molar-refractivity contribution in [1.82, 2.24) is 25.1 Å². The number of nitrogens with zero attached hydrogens (tertiary/aromatic N) is 4. The number of benzene rings is 1. The second-order valence-corrected chi connectivity index (χ2v) is 8.32. The largest absolute Gasteiger partial charge is 0.493 e. The molecule has 3 aromatic rings. The quantitative estimate of drug-likeness (QED) is 0.575. The fraction of sp³-hybridized carbons (Fsp3) is 0.391. The molecule has 0 saturated carbocycles. The normalized spacial score (nSPS) is 11.3. The highest BCUT2D eigenvalue weighted by atomic mass is 16.5. The number of amides is 1. The van der Waals surface area contributed by atoms with Gasteiger partial charge in [-0.05, 0) is 47.6 Å². The van der Waals surface area contributed by atoms with E-state index in [9.17, 15) is 4.79 Å². The van der Waals surface area contributed by atoms with Crippen LogP contribution in [0, 0.1) is 6.92 Å². The van der Waals surface area contributed by atoms with E-state index in [0.717, 1.165) is 16.9 Å². The number of nitrogens with one attached hydrogen (secondary N) is 1. The number of aryl methyl sites for hydroxylation is 1. The predicted molar refractivity (Wildman–Crippen MR) is 116 cm³/mol. The zero-order valence-electron chi connectivity index (χ0n) is 18.1. The summed E-state index contributed by atoms with van der Waals surface area (Å²) in [6.07, 6.45) is 5.86. The minimum Gasteiger partial charge on any atom is -0.493 e. The molecule has 2 heterocycles. The topological polar surface area (TPSA) is 81.9 Å². The Morgan fingerprint density at radius 3 is 2.67 bits per heavy atom. The Kier molecular flexibility index (Phi) is 6.82. The van der Waals surface area contributed by atoms with Crippen LogP contribution in [-0.2, 0) is 16.8 Å². The molecule has 0 bridgehead atoms. The molecule has 7 nitrogen and oxygen atoms in total. The molecule has 3 rings (SSSR count). The fourth-order valence-corrected chi connectivity index (χ4v) is 2.97. The first kappa shape index (κ1) is 21.5. The molecular weight excluding hydrogens is 378 g/mol. The van der Waals surface area contributed by atoms with Crippen molar-refractivity contribution in [2.24, 2.45) is 0 Å². The van der Waals surface area contributed by atoms with Crippen molar-refractivity contribution in [3.63, 3.8) is 0 Å². The number of hydrogen-bond acceptors (Lipinski definition) is 5. The average molecular weight is 408 g/mol. The third-order valence-corrected chi connectivity index (χ3v) is 4.80. The van der Waals surface area contributed by atoms with E-state index in [1.807, 2.05) is 18.2 Å². The summed E-state index contributed by atoms with van der Waals surface area (Å²) in [6.45, 7) is 9.60. The molecule has 0 fully saturated rings. The molecule has 1 aromatic carbocycles. The molecule has 158 valence electrons. The Labute approximate surface area is 177 Å². The van der Waals surface area contributed by atoms with Gasteiger partial charge in [0.2, 0.25) is 5.91 Å².